The van der Waals surface area contributed by atoms with Crippen molar-refractivity contribution in [2.24, 2.45) is 7.05 Å². The fourth-order valence-corrected chi connectivity index (χ4v) is 2.54. The molecule has 3 rings (SSSR count). The van der Waals surface area contributed by atoms with Crippen molar-refractivity contribution in [3.63, 3.8) is 0 Å². The van der Waals surface area contributed by atoms with E-state index in [0.717, 1.165) is 24.3 Å². The highest BCUT2D eigenvalue weighted by Gasteiger charge is 2.17. The Kier molecular flexibility index (Phi) is 3.52. The molecular weight excluding hydrogens is 250 g/mol. The second-order valence-electron chi connectivity index (χ2n) is 4.90. The van der Waals surface area contributed by atoms with Gasteiger partial charge < -0.3 is 9.88 Å². The van der Waals surface area contributed by atoms with Gasteiger partial charge in [-0.1, -0.05) is 13.0 Å². The lowest BCUT2D eigenvalue weighted by molar-refractivity contribution is 0.532. The summed E-state index contributed by atoms with van der Waals surface area (Å²) in [5, 5.41) is 7.96. The van der Waals surface area contributed by atoms with Gasteiger partial charge in [-0.2, -0.15) is 5.10 Å². The Morgan fingerprint density at radius 3 is 2.95 bits per heavy atom. The topological polar surface area (TPSA) is 47.2 Å². The summed E-state index contributed by atoms with van der Waals surface area (Å²) in [6, 6.07) is 6.36. The Hall–Kier alpha value is -2.14. The fraction of sp³-hybridized carbons (Fsp3) is 0.333. The molecule has 20 heavy (non-hydrogen) atoms. The van der Waals surface area contributed by atoms with Crippen LogP contribution in [0, 0.1) is 0 Å². The zero-order valence-electron chi connectivity index (χ0n) is 11.8. The van der Waals surface area contributed by atoms with Gasteiger partial charge in [0.25, 0.3) is 0 Å². The molecule has 1 N–H and O–H groups in total. The largest absolute Gasteiger partial charge is 0.338 e. The third kappa shape index (κ3) is 2.32. The van der Waals surface area contributed by atoms with Crippen molar-refractivity contribution in [1.82, 2.24) is 24.5 Å². The maximum absolute atomic E-state index is 4.42. The number of aryl methyl sites for hydroxylation is 1. The lowest BCUT2D eigenvalue weighted by Crippen LogP contribution is -2.24. The third-order valence-corrected chi connectivity index (χ3v) is 3.59. The summed E-state index contributed by atoms with van der Waals surface area (Å²) in [7, 11) is 2.03. The van der Waals surface area contributed by atoms with Gasteiger partial charge in [-0.15, -0.1) is 0 Å². The maximum Gasteiger partial charge on any atom is 0.110 e. The van der Waals surface area contributed by atoms with Gasteiger partial charge in [0.1, 0.15) is 5.82 Å². The third-order valence-electron chi connectivity index (χ3n) is 3.59. The molecule has 104 valence electrons. The summed E-state index contributed by atoms with van der Waals surface area (Å²) >= 11 is 0. The average molecular weight is 269 g/mol. The molecule has 0 aliphatic rings. The minimum absolute atomic E-state index is 0.223. The number of hydrogen-bond donors (Lipinski definition) is 1. The number of imidazole rings is 1. The molecule has 5 nitrogen and oxygen atoms in total. The molecule has 0 spiro atoms. The Morgan fingerprint density at radius 2 is 2.20 bits per heavy atom. The summed E-state index contributed by atoms with van der Waals surface area (Å²) in [5.41, 5.74) is 2.36. The molecular formula is C15H19N5. The molecule has 1 atom stereocenters. The van der Waals surface area contributed by atoms with E-state index in [-0.39, 0.29) is 6.04 Å². The van der Waals surface area contributed by atoms with Crippen LogP contribution < -0.4 is 5.32 Å². The van der Waals surface area contributed by atoms with Gasteiger partial charge in [-0.25, -0.2) is 9.50 Å². The molecule has 3 heterocycles. The van der Waals surface area contributed by atoms with E-state index in [0.29, 0.717) is 0 Å². The van der Waals surface area contributed by atoms with Crippen molar-refractivity contribution in [2.45, 2.75) is 19.4 Å². The second-order valence-corrected chi connectivity index (χ2v) is 4.90. The van der Waals surface area contributed by atoms with Gasteiger partial charge in [0.05, 0.1) is 11.7 Å². The standard InChI is InChI=1S/C15H19N5/c1-3-16-13(10-15-17-7-9-19(15)2)12-11-18-20-8-5-4-6-14(12)20/h4-9,11,13,16H,3,10H2,1-2H3. The van der Waals surface area contributed by atoms with Crippen LogP contribution in [0.25, 0.3) is 5.52 Å². The van der Waals surface area contributed by atoms with Crippen LogP contribution in [0.3, 0.4) is 0 Å². The number of nitrogens with one attached hydrogen (secondary N) is 1. The van der Waals surface area contributed by atoms with Gasteiger partial charge in [0.2, 0.25) is 0 Å². The molecule has 0 aromatic carbocycles. The smallest absolute Gasteiger partial charge is 0.110 e. The summed E-state index contributed by atoms with van der Waals surface area (Å²) < 4.78 is 3.98. The van der Waals surface area contributed by atoms with Crippen LogP contribution >= 0.6 is 0 Å². The van der Waals surface area contributed by atoms with Crippen molar-refractivity contribution in [1.29, 1.82) is 0 Å². The van der Waals surface area contributed by atoms with Gasteiger partial charge >= 0.3 is 0 Å². The molecule has 0 bridgehead atoms. The molecule has 3 aromatic heterocycles. The SMILES string of the molecule is CCNC(Cc1nccn1C)c1cnn2ccccc12. The summed E-state index contributed by atoms with van der Waals surface area (Å²) in [4.78, 5) is 4.42. The van der Waals surface area contributed by atoms with E-state index in [2.05, 4.69) is 33.0 Å². The minimum atomic E-state index is 0.223. The van der Waals surface area contributed by atoms with Crippen LogP contribution in [0.5, 0.6) is 0 Å². The number of hydrogen-bond acceptors (Lipinski definition) is 3. The van der Waals surface area contributed by atoms with Crippen molar-refractivity contribution in [3.05, 3.63) is 54.4 Å². The Labute approximate surface area is 118 Å². The summed E-state index contributed by atoms with van der Waals surface area (Å²) in [6.45, 7) is 3.04. The monoisotopic (exact) mass is 269 g/mol. The summed E-state index contributed by atoms with van der Waals surface area (Å²) in [6.07, 6.45) is 8.60. The Balaban J connectivity index is 1.96. The first-order valence-electron chi connectivity index (χ1n) is 6.91. The van der Waals surface area contributed by atoms with E-state index >= 15 is 0 Å². The van der Waals surface area contributed by atoms with Crippen molar-refractivity contribution >= 4 is 5.52 Å². The van der Waals surface area contributed by atoms with E-state index in [1.165, 1.54) is 5.56 Å². The highest BCUT2D eigenvalue weighted by atomic mass is 15.2. The van der Waals surface area contributed by atoms with Crippen LogP contribution in [0.2, 0.25) is 0 Å². The fourth-order valence-electron chi connectivity index (χ4n) is 2.54. The highest BCUT2D eigenvalue weighted by molar-refractivity contribution is 5.55. The van der Waals surface area contributed by atoms with Crippen molar-refractivity contribution < 1.29 is 0 Å². The number of fused-ring (bicyclic) bond motifs is 1. The number of nitrogens with zero attached hydrogens (tertiary/aromatic N) is 4. The number of aromatic nitrogens is 4. The van der Waals surface area contributed by atoms with E-state index in [1.54, 1.807) is 0 Å². The normalized spacial score (nSPS) is 12.9. The first-order chi connectivity index (χ1) is 9.79. The molecule has 0 fully saturated rings. The first kappa shape index (κ1) is 12.9. The van der Waals surface area contributed by atoms with Crippen molar-refractivity contribution in [2.75, 3.05) is 6.54 Å². The first-order valence-corrected chi connectivity index (χ1v) is 6.91. The van der Waals surface area contributed by atoms with Gasteiger partial charge in [-0.05, 0) is 18.7 Å². The zero-order valence-corrected chi connectivity index (χ0v) is 11.8. The molecule has 0 radical (unpaired) electrons. The van der Waals surface area contributed by atoms with E-state index in [1.807, 2.05) is 48.5 Å². The second kappa shape index (κ2) is 5.46. The molecule has 0 aliphatic heterocycles. The van der Waals surface area contributed by atoms with Crippen LogP contribution in [0.1, 0.15) is 24.4 Å². The van der Waals surface area contributed by atoms with Gasteiger partial charge in [0.15, 0.2) is 0 Å². The number of pyridine rings is 1. The highest BCUT2D eigenvalue weighted by Crippen LogP contribution is 2.22. The molecule has 3 aromatic rings. The van der Waals surface area contributed by atoms with Crippen LogP contribution in [-0.4, -0.2) is 25.7 Å². The lowest BCUT2D eigenvalue weighted by Gasteiger charge is -2.17. The van der Waals surface area contributed by atoms with Gasteiger partial charge in [0, 0.05) is 43.7 Å². The van der Waals surface area contributed by atoms with Crippen LogP contribution in [0.4, 0.5) is 0 Å². The molecule has 5 heteroatoms. The molecule has 0 aliphatic carbocycles. The number of likely N-dealkylation sites (N-methyl/N-ethyl adjacent to an activating group) is 1. The predicted octanol–water partition coefficient (Wildman–Crippen LogP) is 1.96. The zero-order chi connectivity index (χ0) is 13.9. The van der Waals surface area contributed by atoms with E-state index in [4.69, 9.17) is 0 Å². The van der Waals surface area contributed by atoms with E-state index < -0.39 is 0 Å². The van der Waals surface area contributed by atoms with Gasteiger partial charge in [-0.3, -0.25) is 0 Å². The molecule has 1 unspecified atom stereocenters. The molecule has 0 saturated carbocycles. The predicted molar refractivity (Wildman–Crippen MR) is 78.5 cm³/mol. The molecule has 0 amide bonds. The summed E-state index contributed by atoms with van der Waals surface area (Å²) in [5.74, 6) is 1.08. The lowest BCUT2D eigenvalue weighted by atomic mass is 10.0. The Morgan fingerprint density at radius 1 is 1.30 bits per heavy atom. The van der Waals surface area contributed by atoms with Crippen LogP contribution in [-0.2, 0) is 13.5 Å². The minimum Gasteiger partial charge on any atom is -0.338 e. The maximum atomic E-state index is 4.42. The Bertz CT molecular complexity index is 697. The number of rotatable bonds is 5. The van der Waals surface area contributed by atoms with E-state index in [9.17, 15) is 0 Å². The quantitative estimate of drug-likeness (QED) is 0.770. The van der Waals surface area contributed by atoms with Crippen LogP contribution in [0.15, 0.2) is 43.0 Å². The molecule has 0 saturated heterocycles. The average Bonchev–Trinajstić information content (AvgIpc) is 3.05. The van der Waals surface area contributed by atoms with Crippen molar-refractivity contribution in [3.8, 4) is 0 Å².